The third kappa shape index (κ3) is 3.40. The zero-order chi connectivity index (χ0) is 19.0. The number of carbonyl (C=O) groups is 1. The lowest BCUT2D eigenvalue weighted by Crippen LogP contribution is -2.27. The molecule has 1 aliphatic rings. The number of hydrogen-bond acceptors (Lipinski definition) is 4. The quantitative estimate of drug-likeness (QED) is 0.689. The Balaban J connectivity index is 1.50. The van der Waals surface area contributed by atoms with Gasteiger partial charge in [-0.2, -0.15) is 0 Å². The van der Waals surface area contributed by atoms with Gasteiger partial charge >= 0.3 is 0 Å². The molecule has 3 N–H and O–H groups in total. The molecule has 27 heavy (non-hydrogen) atoms. The van der Waals surface area contributed by atoms with Crippen molar-refractivity contribution in [3.05, 3.63) is 81.9 Å². The molecule has 0 aliphatic heterocycles. The smallest absolute Gasteiger partial charge is 0.236 e. The average molecular weight is 378 g/mol. The van der Waals surface area contributed by atoms with Gasteiger partial charge in [-0.3, -0.25) is 4.79 Å². The van der Waals surface area contributed by atoms with Crippen LogP contribution in [0.2, 0.25) is 0 Å². The van der Waals surface area contributed by atoms with Crippen LogP contribution in [0.5, 0.6) is 0 Å². The predicted molar refractivity (Wildman–Crippen MR) is 110 cm³/mol. The van der Waals surface area contributed by atoms with Gasteiger partial charge < -0.3 is 11.1 Å². The molecular weight excluding hydrogens is 354 g/mol. The van der Waals surface area contributed by atoms with Gasteiger partial charge in [-0.25, -0.2) is 4.98 Å². The van der Waals surface area contributed by atoms with Crippen LogP contribution in [0.4, 0.5) is 5.13 Å². The number of nitrogens with two attached hydrogens (primary N) is 1. The summed E-state index contributed by atoms with van der Waals surface area (Å²) in [4.78, 5) is 18.3. The van der Waals surface area contributed by atoms with E-state index in [0.717, 1.165) is 28.8 Å². The second-order valence-corrected chi connectivity index (χ2v) is 8.35. The number of rotatable bonds is 5. The molecule has 1 aromatic heterocycles. The zero-order valence-corrected chi connectivity index (χ0v) is 16.3. The van der Waals surface area contributed by atoms with Crippen LogP contribution in [-0.2, 0) is 10.2 Å². The van der Waals surface area contributed by atoms with E-state index in [1.54, 1.807) is 6.20 Å². The van der Waals surface area contributed by atoms with E-state index in [0.29, 0.717) is 5.13 Å². The molecule has 3 aromatic rings. The van der Waals surface area contributed by atoms with E-state index < -0.39 is 5.41 Å². The third-order valence-corrected chi connectivity index (χ3v) is 6.45. The van der Waals surface area contributed by atoms with Crippen LogP contribution in [-0.4, -0.2) is 10.9 Å². The summed E-state index contributed by atoms with van der Waals surface area (Å²) in [6.07, 6.45) is 3.51. The SMILES string of the molecule is Cc1ccc(C2(C(=O)Nc3ncc([C@H](N)c4ccccc4)s3)CC2)cc1C. The Morgan fingerprint density at radius 3 is 2.56 bits per heavy atom. The molecule has 2 aromatic carbocycles. The number of aryl methyl sites for hydroxylation is 2. The van der Waals surface area contributed by atoms with E-state index in [9.17, 15) is 4.79 Å². The molecule has 0 spiro atoms. The maximum atomic E-state index is 13.0. The first-order chi connectivity index (χ1) is 13.0. The molecule has 0 radical (unpaired) electrons. The average Bonchev–Trinajstić information content (AvgIpc) is 3.37. The molecule has 4 rings (SSSR count). The number of nitrogens with zero attached hydrogens (tertiary/aromatic N) is 1. The van der Waals surface area contributed by atoms with Crippen molar-refractivity contribution >= 4 is 22.4 Å². The second kappa shape index (κ2) is 6.91. The van der Waals surface area contributed by atoms with Crippen LogP contribution >= 0.6 is 11.3 Å². The summed E-state index contributed by atoms with van der Waals surface area (Å²) in [5.74, 6) is 0.0277. The molecule has 5 heteroatoms. The van der Waals surface area contributed by atoms with E-state index >= 15 is 0 Å². The highest BCUT2D eigenvalue weighted by atomic mass is 32.1. The number of nitrogens with one attached hydrogen (secondary N) is 1. The topological polar surface area (TPSA) is 68.0 Å². The maximum absolute atomic E-state index is 13.0. The van der Waals surface area contributed by atoms with Crippen molar-refractivity contribution in [1.29, 1.82) is 0 Å². The maximum Gasteiger partial charge on any atom is 0.236 e. The number of benzene rings is 2. The van der Waals surface area contributed by atoms with Gasteiger partial charge in [-0.1, -0.05) is 59.9 Å². The highest BCUT2D eigenvalue weighted by Crippen LogP contribution is 2.49. The predicted octanol–water partition coefficient (Wildman–Crippen LogP) is 4.48. The Morgan fingerprint density at radius 1 is 1.15 bits per heavy atom. The van der Waals surface area contributed by atoms with Gasteiger partial charge in [0.2, 0.25) is 5.91 Å². The Hall–Kier alpha value is -2.50. The molecule has 1 amide bonds. The van der Waals surface area contributed by atoms with E-state index in [4.69, 9.17) is 5.73 Å². The van der Waals surface area contributed by atoms with E-state index in [2.05, 4.69) is 42.3 Å². The molecule has 138 valence electrons. The summed E-state index contributed by atoms with van der Waals surface area (Å²) in [5.41, 5.74) is 10.5. The minimum atomic E-state index is -0.411. The number of thiazole rings is 1. The molecule has 0 bridgehead atoms. The lowest BCUT2D eigenvalue weighted by atomic mass is 9.92. The van der Waals surface area contributed by atoms with E-state index in [1.165, 1.54) is 22.5 Å². The third-order valence-electron chi connectivity index (χ3n) is 5.45. The Bertz CT molecular complexity index is 976. The number of aromatic nitrogens is 1. The highest BCUT2D eigenvalue weighted by Gasteiger charge is 2.51. The largest absolute Gasteiger partial charge is 0.320 e. The van der Waals surface area contributed by atoms with Crippen molar-refractivity contribution in [3.8, 4) is 0 Å². The Kier molecular flexibility index (Phi) is 4.58. The van der Waals surface area contributed by atoms with Gasteiger partial charge in [0.25, 0.3) is 0 Å². The van der Waals surface area contributed by atoms with Crippen molar-refractivity contribution in [2.24, 2.45) is 5.73 Å². The Labute approximate surface area is 163 Å². The molecule has 1 saturated carbocycles. The van der Waals surface area contributed by atoms with Crippen LogP contribution in [0.15, 0.2) is 54.7 Å². The number of amides is 1. The van der Waals surface area contributed by atoms with Gasteiger partial charge in [0.05, 0.1) is 11.5 Å². The van der Waals surface area contributed by atoms with Crippen molar-refractivity contribution in [2.75, 3.05) is 5.32 Å². The molecule has 1 fully saturated rings. The highest BCUT2D eigenvalue weighted by molar-refractivity contribution is 7.15. The standard InChI is InChI=1S/C22H23N3OS/c1-14-8-9-17(12-15(14)2)22(10-11-22)20(26)25-21-24-13-18(27-21)19(23)16-6-4-3-5-7-16/h3-9,12-13,19H,10-11,23H2,1-2H3,(H,24,25,26)/t19-/m1/s1. The second-order valence-electron chi connectivity index (χ2n) is 7.29. The zero-order valence-electron chi connectivity index (χ0n) is 15.5. The van der Waals surface area contributed by atoms with Crippen LogP contribution in [0.3, 0.4) is 0 Å². The molecule has 1 aliphatic carbocycles. The summed E-state index contributed by atoms with van der Waals surface area (Å²) in [6.45, 7) is 4.18. The van der Waals surface area contributed by atoms with Crippen LogP contribution in [0, 0.1) is 13.8 Å². The first-order valence-electron chi connectivity index (χ1n) is 9.15. The van der Waals surface area contributed by atoms with Crippen molar-refractivity contribution in [1.82, 2.24) is 4.98 Å². The fraction of sp³-hybridized carbons (Fsp3) is 0.273. The number of hydrogen-bond donors (Lipinski definition) is 2. The summed E-state index contributed by atoms with van der Waals surface area (Å²) in [5, 5.41) is 3.62. The van der Waals surface area contributed by atoms with Gasteiger partial charge in [-0.15, -0.1) is 0 Å². The molecule has 1 heterocycles. The molecule has 4 nitrogen and oxygen atoms in total. The van der Waals surface area contributed by atoms with Crippen LogP contribution < -0.4 is 11.1 Å². The van der Waals surface area contributed by atoms with Gasteiger partial charge in [0.1, 0.15) is 0 Å². The number of anilines is 1. The molecule has 0 saturated heterocycles. The molecule has 1 atom stereocenters. The van der Waals surface area contributed by atoms with Gasteiger partial charge in [0.15, 0.2) is 5.13 Å². The van der Waals surface area contributed by atoms with Crippen LogP contribution in [0.25, 0.3) is 0 Å². The normalized spacial score (nSPS) is 16.0. The summed E-state index contributed by atoms with van der Waals surface area (Å²) < 4.78 is 0. The summed E-state index contributed by atoms with van der Waals surface area (Å²) >= 11 is 1.44. The van der Waals surface area contributed by atoms with E-state index in [1.807, 2.05) is 30.3 Å². The number of carbonyl (C=O) groups excluding carboxylic acids is 1. The summed E-state index contributed by atoms with van der Waals surface area (Å²) in [7, 11) is 0. The van der Waals surface area contributed by atoms with Gasteiger partial charge in [0, 0.05) is 11.1 Å². The van der Waals surface area contributed by atoms with Gasteiger partial charge in [-0.05, 0) is 48.9 Å². The van der Waals surface area contributed by atoms with Crippen molar-refractivity contribution in [3.63, 3.8) is 0 Å². The summed E-state index contributed by atoms with van der Waals surface area (Å²) in [6, 6.07) is 16.0. The van der Waals surface area contributed by atoms with E-state index in [-0.39, 0.29) is 11.9 Å². The monoisotopic (exact) mass is 377 g/mol. The minimum Gasteiger partial charge on any atom is -0.320 e. The lowest BCUT2D eigenvalue weighted by Gasteiger charge is -2.16. The first kappa shape index (κ1) is 17.9. The molecule has 0 unspecified atom stereocenters. The fourth-order valence-corrected chi connectivity index (χ4v) is 4.18. The lowest BCUT2D eigenvalue weighted by molar-refractivity contribution is -0.118. The first-order valence-corrected chi connectivity index (χ1v) is 9.97. The van der Waals surface area contributed by atoms with Crippen LogP contribution in [0.1, 0.15) is 46.0 Å². The molecular formula is C22H23N3OS. The minimum absolute atomic E-state index is 0.0277. The Morgan fingerprint density at radius 2 is 1.89 bits per heavy atom. The van der Waals surface area contributed by atoms with Crippen molar-refractivity contribution in [2.45, 2.75) is 38.1 Å². The van der Waals surface area contributed by atoms with Crippen molar-refractivity contribution < 1.29 is 4.79 Å². The fourth-order valence-electron chi connectivity index (χ4n) is 3.34.